The predicted octanol–water partition coefficient (Wildman–Crippen LogP) is 10.6. The first-order valence-electron chi connectivity index (χ1n) is 16.2. The quantitative estimate of drug-likeness (QED) is 0.202. The van der Waals surface area contributed by atoms with E-state index in [1.165, 1.54) is 54.8 Å². The molecule has 0 bridgehead atoms. The van der Waals surface area contributed by atoms with Crippen molar-refractivity contribution in [1.82, 2.24) is 19.1 Å². The SMILES string of the molecule is CC1(C)c2ccccc2-c2ccc(-c3ccnc(-n4c5ccccc5c5cc(-n6c7ccccc7c7ccccc76)ccc54)n3)cc21. The van der Waals surface area contributed by atoms with E-state index in [1.807, 2.05) is 12.3 Å². The number of benzene rings is 6. The lowest BCUT2D eigenvalue weighted by molar-refractivity contribution is 0.660. The molecule has 0 fully saturated rings. The Morgan fingerprint density at radius 1 is 0.489 bits per heavy atom. The van der Waals surface area contributed by atoms with Gasteiger partial charge in [-0.25, -0.2) is 9.97 Å². The van der Waals surface area contributed by atoms with Crippen LogP contribution in [0.1, 0.15) is 25.0 Å². The number of nitrogens with zero attached hydrogens (tertiary/aromatic N) is 4. The molecular formula is C43H30N4. The van der Waals surface area contributed by atoms with Gasteiger partial charge in [-0.05, 0) is 70.8 Å². The Kier molecular flexibility index (Phi) is 5.31. The van der Waals surface area contributed by atoms with Gasteiger partial charge < -0.3 is 4.57 Å². The third-order valence-corrected chi connectivity index (χ3v) is 10.2. The Morgan fingerprint density at radius 3 is 1.83 bits per heavy atom. The molecule has 4 nitrogen and oxygen atoms in total. The second kappa shape index (κ2) is 9.51. The van der Waals surface area contributed by atoms with E-state index in [4.69, 9.17) is 9.97 Å². The summed E-state index contributed by atoms with van der Waals surface area (Å²) in [4.78, 5) is 10.1. The molecule has 0 saturated carbocycles. The van der Waals surface area contributed by atoms with E-state index in [1.54, 1.807) is 0 Å². The number of hydrogen-bond donors (Lipinski definition) is 0. The monoisotopic (exact) mass is 602 g/mol. The van der Waals surface area contributed by atoms with Crippen molar-refractivity contribution in [3.05, 3.63) is 157 Å². The third-order valence-electron chi connectivity index (χ3n) is 10.2. The molecule has 47 heavy (non-hydrogen) atoms. The lowest BCUT2D eigenvalue weighted by atomic mass is 9.82. The van der Waals surface area contributed by atoms with E-state index in [0.29, 0.717) is 5.95 Å². The van der Waals surface area contributed by atoms with Gasteiger partial charge in [-0.15, -0.1) is 0 Å². The van der Waals surface area contributed by atoms with Crippen LogP contribution in [0.5, 0.6) is 0 Å². The minimum Gasteiger partial charge on any atom is -0.309 e. The second-order valence-corrected chi connectivity index (χ2v) is 13.1. The molecule has 0 atom stereocenters. The normalized spacial score (nSPS) is 13.5. The van der Waals surface area contributed by atoms with E-state index in [0.717, 1.165) is 28.0 Å². The molecule has 4 heteroatoms. The molecule has 6 aromatic carbocycles. The summed E-state index contributed by atoms with van der Waals surface area (Å²) in [6, 6.07) is 50.2. The van der Waals surface area contributed by atoms with Crippen molar-refractivity contribution in [2.75, 3.05) is 0 Å². The molecule has 3 aromatic heterocycles. The van der Waals surface area contributed by atoms with Crippen LogP contribution in [0, 0.1) is 0 Å². The number of hydrogen-bond acceptors (Lipinski definition) is 2. The van der Waals surface area contributed by atoms with E-state index >= 15 is 0 Å². The zero-order valence-corrected chi connectivity index (χ0v) is 26.1. The van der Waals surface area contributed by atoms with Crippen LogP contribution >= 0.6 is 0 Å². The van der Waals surface area contributed by atoms with Crippen LogP contribution in [-0.2, 0) is 5.41 Å². The largest absolute Gasteiger partial charge is 0.309 e. The Hall–Kier alpha value is -6.00. The van der Waals surface area contributed by atoms with E-state index in [2.05, 4.69) is 156 Å². The summed E-state index contributed by atoms with van der Waals surface area (Å²) in [5, 5.41) is 4.87. The summed E-state index contributed by atoms with van der Waals surface area (Å²) in [6.07, 6.45) is 1.89. The van der Waals surface area contributed by atoms with Crippen molar-refractivity contribution < 1.29 is 0 Å². The van der Waals surface area contributed by atoms with Gasteiger partial charge in [0.25, 0.3) is 0 Å². The van der Waals surface area contributed by atoms with Crippen LogP contribution in [-0.4, -0.2) is 19.1 Å². The van der Waals surface area contributed by atoms with Crippen molar-refractivity contribution >= 4 is 43.6 Å². The van der Waals surface area contributed by atoms with Crippen LogP contribution in [0.3, 0.4) is 0 Å². The minimum absolute atomic E-state index is 0.0707. The highest BCUT2D eigenvalue weighted by Gasteiger charge is 2.35. The summed E-state index contributed by atoms with van der Waals surface area (Å²) < 4.78 is 4.58. The summed E-state index contributed by atoms with van der Waals surface area (Å²) in [7, 11) is 0. The van der Waals surface area contributed by atoms with Gasteiger partial charge in [-0.2, -0.15) is 0 Å². The first kappa shape index (κ1) is 26.2. The van der Waals surface area contributed by atoms with Gasteiger partial charge >= 0.3 is 0 Å². The lowest BCUT2D eigenvalue weighted by Crippen LogP contribution is -2.15. The topological polar surface area (TPSA) is 35.6 Å². The van der Waals surface area contributed by atoms with Gasteiger partial charge in [-0.1, -0.05) is 105 Å². The molecule has 0 N–H and O–H groups in total. The van der Waals surface area contributed by atoms with Crippen molar-refractivity contribution in [1.29, 1.82) is 0 Å². The Labute approximate surface area is 272 Å². The maximum Gasteiger partial charge on any atom is 0.235 e. The second-order valence-electron chi connectivity index (χ2n) is 13.1. The van der Waals surface area contributed by atoms with Gasteiger partial charge in [0.2, 0.25) is 5.95 Å². The van der Waals surface area contributed by atoms with Crippen molar-refractivity contribution in [2.24, 2.45) is 0 Å². The van der Waals surface area contributed by atoms with Gasteiger partial charge in [0.05, 0.1) is 27.8 Å². The van der Waals surface area contributed by atoms with Crippen LogP contribution in [0.15, 0.2) is 146 Å². The minimum atomic E-state index is -0.0707. The molecule has 10 rings (SSSR count). The van der Waals surface area contributed by atoms with Crippen LogP contribution < -0.4 is 0 Å². The molecule has 1 aliphatic rings. The van der Waals surface area contributed by atoms with Gasteiger partial charge in [0.15, 0.2) is 0 Å². The zero-order chi connectivity index (χ0) is 31.3. The van der Waals surface area contributed by atoms with Crippen LogP contribution in [0.4, 0.5) is 0 Å². The van der Waals surface area contributed by atoms with Crippen molar-refractivity contribution in [2.45, 2.75) is 19.3 Å². The molecule has 0 amide bonds. The summed E-state index contributed by atoms with van der Waals surface area (Å²) in [5.41, 5.74) is 13.0. The van der Waals surface area contributed by atoms with Gasteiger partial charge in [0, 0.05) is 44.4 Å². The molecular weight excluding hydrogens is 573 g/mol. The maximum absolute atomic E-state index is 5.21. The summed E-state index contributed by atoms with van der Waals surface area (Å²) in [5.74, 6) is 0.668. The third kappa shape index (κ3) is 3.64. The molecule has 222 valence electrons. The first-order chi connectivity index (χ1) is 23.1. The summed E-state index contributed by atoms with van der Waals surface area (Å²) >= 11 is 0. The van der Waals surface area contributed by atoms with Crippen LogP contribution in [0.2, 0.25) is 0 Å². The molecule has 1 aliphatic carbocycles. The standard InChI is InChI=1S/C43H30N4/c1-43(2)35-15-7-3-11-29(35)30-21-19-27(25-36(30)43)37-23-24-44-42(45-37)47-40-18-10-6-14-33(40)34-26-28(20-22-41(34)47)46-38-16-8-4-12-31(38)32-13-5-9-17-39(32)46/h3-26H,1-2H3. The molecule has 0 aliphatic heterocycles. The highest BCUT2D eigenvalue weighted by molar-refractivity contribution is 6.12. The molecule has 9 aromatic rings. The average Bonchev–Trinajstić information content (AvgIpc) is 3.71. The smallest absolute Gasteiger partial charge is 0.235 e. The Bertz CT molecular complexity index is 2670. The molecule has 0 saturated heterocycles. The predicted molar refractivity (Wildman–Crippen MR) is 194 cm³/mol. The van der Waals surface area contributed by atoms with Crippen LogP contribution in [0.25, 0.3) is 77.6 Å². The van der Waals surface area contributed by atoms with E-state index in [-0.39, 0.29) is 5.41 Å². The van der Waals surface area contributed by atoms with Gasteiger partial charge in [0.1, 0.15) is 0 Å². The lowest BCUT2D eigenvalue weighted by Gasteiger charge is -2.21. The highest BCUT2D eigenvalue weighted by atomic mass is 15.2. The van der Waals surface area contributed by atoms with Crippen molar-refractivity contribution in [3.8, 4) is 34.0 Å². The average molecular weight is 603 g/mol. The van der Waals surface area contributed by atoms with E-state index in [9.17, 15) is 0 Å². The summed E-state index contributed by atoms with van der Waals surface area (Å²) in [6.45, 7) is 4.64. The van der Waals surface area contributed by atoms with Crippen molar-refractivity contribution in [3.63, 3.8) is 0 Å². The first-order valence-corrected chi connectivity index (χ1v) is 16.2. The molecule has 0 unspecified atom stereocenters. The number of rotatable bonds is 3. The number of aromatic nitrogens is 4. The maximum atomic E-state index is 5.21. The molecule has 0 radical (unpaired) electrons. The molecule has 3 heterocycles. The fourth-order valence-corrected chi connectivity index (χ4v) is 8.00. The number of fused-ring (bicyclic) bond motifs is 9. The fourth-order valence-electron chi connectivity index (χ4n) is 8.00. The molecule has 0 spiro atoms. The highest BCUT2D eigenvalue weighted by Crippen LogP contribution is 2.49. The fraction of sp³-hybridized carbons (Fsp3) is 0.0698. The van der Waals surface area contributed by atoms with Gasteiger partial charge in [-0.3, -0.25) is 4.57 Å². The zero-order valence-electron chi connectivity index (χ0n) is 26.1. The Morgan fingerprint density at radius 2 is 1.09 bits per heavy atom. The number of para-hydroxylation sites is 3. The van der Waals surface area contributed by atoms with E-state index < -0.39 is 0 Å². The Balaban J connectivity index is 1.15.